The zero-order valence-electron chi connectivity index (χ0n) is 18.8. The summed E-state index contributed by atoms with van der Waals surface area (Å²) in [5.41, 5.74) is 6.12. The zero-order valence-corrected chi connectivity index (χ0v) is 19.6. The van der Waals surface area contributed by atoms with E-state index in [0.717, 1.165) is 42.3 Å². The molecule has 9 nitrogen and oxygen atoms in total. The molecule has 3 N–H and O–H groups in total. The first kappa shape index (κ1) is 24.3. The molecular formula is C22H27FN6O3S. The number of halogens is 1. The van der Waals surface area contributed by atoms with Gasteiger partial charge in [-0.2, -0.15) is 0 Å². The minimum Gasteiger partial charge on any atom is -0.444 e. The summed E-state index contributed by atoms with van der Waals surface area (Å²) in [6.07, 6.45) is 4.07. The number of thiophene rings is 1. The van der Waals surface area contributed by atoms with Gasteiger partial charge in [0.2, 0.25) is 5.95 Å². The molecule has 3 aromatic heterocycles. The molecule has 0 spiro atoms. The van der Waals surface area contributed by atoms with E-state index in [0.29, 0.717) is 23.8 Å². The van der Waals surface area contributed by atoms with Gasteiger partial charge in [0.05, 0.1) is 16.4 Å². The molecule has 1 fully saturated rings. The van der Waals surface area contributed by atoms with Crippen LogP contribution in [-0.2, 0) is 11.3 Å². The normalized spacial score (nSPS) is 13.4. The molecule has 0 radical (unpaired) electrons. The molecule has 0 atom stereocenters. The van der Waals surface area contributed by atoms with Crippen molar-refractivity contribution in [3.8, 4) is 0 Å². The SMILES string of the molecule is CC(C)(C)OC(N)=O.O=C(c1nc(NCc2cncc(F)c2)nc2ccsc12)N1CCCC1. The number of rotatable bonds is 4. The van der Waals surface area contributed by atoms with Crippen LogP contribution in [0.3, 0.4) is 0 Å². The van der Waals surface area contributed by atoms with Gasteiger partial charge in [-0.3, -0.25) is 9.78 Å². The Balaban J connectivity index is 0.000000331. The summed E-state index contributed by atoms with van der Waals surface area (Å²) in [5.74, 6) is -0.0843. The fourth-order valence-electron chi connectivity index (χ4n) is 3.19. The summed E-state index contributed by atoms with van der Waals surface area (Å²) in [4.78, 5) is 37.3. The summed E-state index contributed by atoms with van der Waals surface area (Å²) in [5, 5.41) is 4.96. The first-order valence-corrected chi connectivity index (χ1v) is 11.4. The van der Waals surface area contributed by atoms with Crippen LogP contribution in [-0.4, -0.2) is 50.5 Å². The second-order valence-corrected chi connectivity index (χ2v) is 9.34. The van der Waals surface area contributed by atoms with Crippen molar-refractivity contribution in [1.82, 2.24) is 19.9 Å². The van der Waals surface area contributed by atoms with Crippen LogP contribution in [0.25, 0.3) is 10.2 Å². The maximum atomic E-state index is 13.2. The van der Waals surface area contributed by atoms with Gasteiger partial charge >= 0.3 is 6.09 Å². The van der Waals surface area contributed by atoms with E-state index in [9.17, 15) is 14.0 Å². The summed E-state index contributed by atoms with van der Waals surface area (Å²) in [7, 11) is 0. The van der Waals surface area contributed by atoms with Crippen LogP contribution in [0, 0.1) is 5.82 Å². The number of pyridine rings is 1. The van der Waals surface area contributed by atoms with Crippen LogP contribution < -0.4 is 11.1 Å². The summed E-state index contributed by atoms with van der Waals surface area (Å²) in [6.45, 7) is 7.16. The molecule has 4 heterocycles. The van der Waals surface area contributed by atoms with Crippen molar-refractivity contribution in [2.75, 3.05) is 18.4 Å². The Morgan fingerprint density at radius 2 is 1.97 bits per heavy atom. The molecule has 2 amide bonds. The number of nitrogens with one attached hydrogen (secondary N) is 1. The van der Waals surface area contributed by atoms with E-state index in [2.05, 4.69) is 25.0 Å². The fourth-order valence-corrected chi connectivity index (χ4v) is 4.00. The van der Waals surface area contributed by atoms with E-state index in [1.165, 1.54) is 17.4 Å². The topological polar surface area (TPSA) is 123 Å². The minimum absolute atomic E-state index is 0.0529. The van der Waals surface area contributed by atoms with Crippen molar-refractivity contribution < 1.29 is 18.7 Å². The van der Waals surface area contributed by atoms with Crippen LogP contribution in [0.4, 0.5) is 15.1 Å². The van der Waals surface area contributed by atoms with Gasteiger partial charge < -0.3 is 20.7 Å². The number of carbonyl (C=O) groups is 2. The third kappa shape index (κ3) is 7.07. The largest absolute Gasteiger partial charge is 0.444 e. The predicted molar refractivity (Wildman–Crippen MR) is 124 cm³/mol. The Labute approximate surface area is 195 Å². The smallest absolute Gasteiger partial charge is 0.405 e. The van der Waals surface area contributed by atoms with Crippen molar-refractivity contribution in [3.63, 3.8) is 0 Å². The van der Waals surface area contributed by atoms with Crippen molar-refractivity contribution in [2.24, 2.45) is 5.73 Å². The van der Waals surface area contributed by atoms with Crippen LogP contribution in [0.15, 0.2) is 29.9 Å². The molecule has 11 heteroatoms. The molecule has 0 aromatic carbocycles. The lowest BCUT2D eigenvalue weighted by molar-refractivity contribution is 0.0599. The summed E-state index contributed by atoms with van der Waals surface area (Å²) in [6, 6.07) is 3.27. The molecular weight excluding hydrogens is 447 g/mol. The summed E-state index contributed by atoms with van der Waals surface area (Å²) < 4.78 is 18.6. The van der Waals surface area contributed by atoms with Crippen molar-refractivity contribution >= 4 is 39.5 Å². The molecule has 33 heavy (non-hydrogen) atoms. The van der Waals surface area contributed by atoms with Gasteiger partial charge in [-0.05, 0) is 56.7 Å². The van der Waals surface area contributed by atoms with Crippen LogP contribution in [0.5, 0.6) is 0 Å². The Bertz CT molecular complexity index is 1120. The number of carbonyl (C=O) groups excluding carboxylic acids is 2. The average Bonchev–Trinajstić information content (AvgIpc) is 3.42. The monoisotopic (exact) mass is 474 g/mol. The molecule has 1 aliphatic heterocycles. The number of nitrogens with two attached hydrogens (primary N) is 1. The van der Waals surface area contributed by atoms with E-state index in [-0.39, 0.29) is 5.91 Å². The molecule has 1 aliphatic rings. The first-order valence-electron chi connectivity index (χ1n) is 10.5. The van der Waals surface area contributed by atoms with Crippen LogP contribution in [0.2, 0.25) is 0 Å². The average molecular weight is 475 g/mol. The molecule has 4 rings (SSSR count). The quantitative estimate of drug-likeness (QED) is 0.587. The van der Waals surface area contributed by atoms with Gasteiger partial charge in [-0.25, -0.2) is 19.2 Å². The third-order valence-corrected chi connectivity index (χ3v) is 5.43. The maximum Gasteiger partial charge on any atom is 0.405 e. The number of anilines is 1. The second-order valence-electron chi connectivity index (χ2n) is 8.43. The van der Waals surface area contributed by atoms with Gasteiger partial charge in [-0.1, -0.05) is 0 Å². The van der Waals surface area contributed by atoms with Gasteiger partial charge in [-0.15, -0.1) is 11.3 Å². The second kappa shape index (κ2) is 10.5. The van der Waals surface area contributed by atoms with Gasteiger partial charge in [0.1, 0.15) is 11.4 Å². The van der Waals surface area contributed by atoms with Gasteiger partial charge in [0.15, 0.2) is 5.69 Å². The number of hydrogen-bond acceptors (Lipinski definition) is 8. The van der Waals surface area contributed by atoms with Crippen molar-refractivity contribution in [1.29, 1.82) is 0 Å². The number of amides is 2. The number of fused-ring (bicyclic) bond motifs is 1. The lowest BCUT2D eigenvalue weighted by Crippen LogP contribution is -2.28. The van der Waals surface area contributed by atoms with Crippen LogP contribution in [0.1, 0.15) is 49.7 Å². The Morgan fingerprint density at radius 3 is 2.58 bits per heavy atom. The molecule has 3 aromatic rings. The first-order chi connectivity index (χ1) is 15.6. The number of hydrogen-bond donors (Lipinski definition) is 2. The number of nitrogens with zero attached hydrogens (tertiary/aromatic N) is 4. The standard InChI is InChI=1S/C17H16FN5OS.C5H11NO2/c18-12-7-11(8-19-10-12)9-20-17-21-13-3-6-25-15(13)14(22-17)16(24)23-4-1-2-5-23;1-5(2,3)8-4(6)7/h3,6-8,10H,1-2,4-5,9H2,(H,20,21,22);1-3H3,(H2,6,7). The lowest BCUT2D eigenvalue weighted by Gasteiger charge is -2.16. The maximum absolute atomic E-state index is 13.2. The third-order valence-electron chi connectivity index (χ3n) is 4.52. The highest BCUT2D eigenvalue weighted by Crippen LogP contribution is 2.26. The highest BCUT2D eigenvalue weighted by atomic mass is 32.1. The van der Waals surface area contributed by atoms with Gasteiger partial charge in [0.25, 0.3) is 5.91 Å². The Hall–Kier alpha value is -3.34. The van der Waals surface area contributed by atoms with E-state index in [1.807, 2.05) is 16.3 Å². The van der Waals surface area contributed by atoms with E-state index in [1.54, 1.807) is 27.0 Å². The number of ether oxygens (including phenoxy) is 1. The van der Waals surface area contributed by atoms with Crippen LogP contribution >= 0.6 is 11.3 Å². The van der Waals surface area contributed by atoms with E-state index in [4.69, 9.17) is 5.73 Å². The molecule has 1 saturated heterocycles. The highest BCUT2D eigenvalue weighted by Gasteiger charge is 2.24. The number of likely N-dealkylation sites (tertiary alicyclic amines) is 1. The lowest BCUT2D eigenvalue weighted by atomic mass is 10.2. The van der Waals surface area contributed by atoms with Crippen molar-refractivity contribution in [2.45, 2.75) is 45.8 Å². The molecule has 0 aliphatic carbocycles. The summed E-state index contributed by atoms with van der Waals surface area (Å²) >= 11 is 1.47. The van der Waals surface area contributed by atoms with E-state index < -0.39 is 17.5 Å². The molecule has 0 saturated carbocycles. The molecule has 176 valence electrons. The Kier molecular flexibility index (Phi) is 7.75. The fraction of sp³-hybridized carbons (Fsp3) is 0.409. The Morgan fingerprint density at radius 1 is 1.24 bits per heavy atom. The predicted octanol–water partition coefficient (Wildman–Crippen LogP) is 3.95. The van der Waals surface area contributed by atoms with E-state index >= 15 is 0 Å². The number of primary amides is 1. The number of aromatic nitrogens is 3. The molecule has 0 unspecified atom stereocenters. The minimum atomic E-state index is -0.725. The zero-order chi connectivity index (χ0) is 24.0. The molecule has 0 bridgehead atoms. The van der Waals surface area contributed by atoms with Gasteiger partial charge in [0, 0.05) is 25.8 Å². The highest BCUT2D eigenvalue weighted by molar-refractivity contribution is 7.17. The van der Waals surface area contributed by atoms with Crippen molar-refractivity contribution in [3.05, 3.63) is 47.0 Å².